The van der Waals surface area contributed by atoms with Crippen LogP contribution >= 0.6 is 0 Å². The summed E-state index contributed by atoms with van der Waals surface area (Å²) in [7, 11) is 0. The van der Waals surface area contributed by atoms with Crippen LogP contribution < -0.4 is 5.11 Å². The lowest BCUT2D eigenvalue weighted by Gasteiger charge is -2.37. The molecule has 13 heavy (non-hydrogen) atoms. The molecule has 0 spiro atoms. The molecule has 1 aliphatic rings. The highest BCUT2D eigenvalue weighted by Crippen LogP contribution is 2.37. The Balaban J connectivity index is 2.66. The lowest BCUT2D eigenvalue weighted by atomic mass is 9.70. The van der Waals surface area contributed by atoms with E-state index in [0.29, 0.717) is 17.8 Å². The summed E-state index contributed by atoms with van der Waals surface area (Å²) in [6.45, 7) is 6.35. The molecule has 0 heterocycles. The van der Waals surface area contributed by atoms with E-state index in [4.69, 9.17) is 0 Å². The Morgan fingerprint density at radius 3 is 2.46 bits per heavy atom. The molecule has 0 radical (unpaired) electrons. The molecule has 76 valence electrons. The van der Waals surface area contributed by atoms with Gasteiger partial charge in [0.15, 0.2) is 0 Å². The zero-order valence-corrected chi connectivity index (χ0v) is 8.75. The highest BCUT2D eigenvalue weighted by molar-refractivity contribution is 5.68. The van der Waals surface area contributed by atoms with E-state index in [1.807, 2.05) is 0 Å². The van der Waals surface area contributed by atoms with E-state index in [1.54, 1.807) is 0 Å². The van der Waals surface area contributed by atoms with Crippen LogP contribution in [-0.4, -0.2) is 5.97 Å². The molecule has 1 aliphatic carbocycles. The normalized spacial score (nSPS) is 34.9. The number of carboxylic acid groups (broad SMARTS) is 1. The molecular weight excluding hydrogens is 164 g/mol. The summed E-state index contributed by atoms with van der Waals surface area (Å²) in [6, 6.07) is 0. The predicted molar refractivity (Wildman–Crippen MR) is 49.8 cm³/mol. The zero-order valence-electron chi connectivity index (χ0n) is 8.75. The average Bonchev–Trinajstić information content (AvgIpc) is 2.03. The molecule has 2 nitrogen and oxygen atoms in total. The van der Waals surface area contributed by atoms with Gasteiger partial charge in [-0.25, -0.2) is 0 Å². The van der Waals surface area contributed by atoms with Crippen molar-refractivity contribution in [1.82, 2.24) is 0 Å². The monoisotopic (exact) mass is 183 g/mol. The van der Waals surface area contributed by atoms with Crippen LogP contribution in [0.5, 0.6) is 0 Å². The molecule has 0 N–H and O–H groups in total. The first-order valence-corrected chi connectivity index (χ1v) is 5.23. The lowest BCUT2D eigenvalue weighted by Crippen LogP contribution is -2.41. The van der Waals surface area contributed by atoms with Gasteiger partial charge >= 0.3 is 0 Å². The predicted octanol–water partition coefficient (Wildman–Crippen LogP) is 1.44. The topological polar surface area (TPSA) is 40.1 Å². The smallest absolute Gasteiger partial charge is 0.0448 e. The third-order valence-electron chi connectivity index (χ3n) is 3.32. The van der Waals surface area contributed by atoms with Crippen molar-refractivity contribution < 1.29 is 9.90 Å². The minimum Gasteiger partial charge on any atom is -0.550 e. The molecule has 0 amide bonds. The molecule has 1 rings (SSSR count). The molecular formula is C11H19O2-. The third kappa shape index (κ3) is 2.45. The summed E-state index contributed by atoms with van der Waals surface area (Å²) in [5.74, 6) is 0.309. The molecule has 1 fully saturated rings. The van der Waals surface area contributed by atoms with Crippen molar-refractivity contribution in [2.24, 2.45) is 23.7 Å². The number of hydrogen-bond acceptors (Lipinski definition) is 2. The summed E-state index contributed by atoms with van der Waals surface area (Å²) in [4.78, 5) is 10.9. The first-order valence-electron chi connectivity index (χ1n) is 5.23. The summed E-state index contributed by atoms with van der Waals surface area (Å²) >= 11 is 0. The quantitative estimate of drug-likeness (QED) is 0.650. The van der Waals surface area contributed by atoms with Gasteiger partial charge in [0.2, 0.25) is 0 Å². The number of carbonyl (C=O) groups is 1. The van der Waals surface area contributed by atoms with Crippen LogP contribution in [0.25, 0.3) is 0 Å². The lowest BCUT2D eigenvalue weighted by molar-refractivity contribution is -0.315. The Labute approximate surface area is 80.3 Å². The minimum atomic E-state index is -0.842. The molecule has 0 aromatic rings. The van der Waals surface area contributed by atoms with E-state index in [-0.39, 0.29) is 5.92 Å². The van der Waals surface area contributed by atoms with E-state index in [1.165, 1.54) is 6.42 Å². The van der Waals surface area contributed by atoms with Crippen LogP contribution in [0.3, 0.4) is 0 Å². The molecule has 3 atom stereocenters. The molecule has 0 bridgehead atoms. The van der Waals surface area contributed by atoms with Crippen molar-refractivity contribution in [3.05, 3.63) is 0 Å². The van der Waals surface area contributed by atoms with Gasteiger partial charge in [-0.1, -0.05) is 27.2 Å². The van der Waals surface area contributed by atoms with Gasteiger partial charge in [-0.2, -0.15) is 0 Å². The Morgan fingerprint density at radius 1 is 1.38 bits per heavy atom. The number of hydrogen-bond donors (Lipinski definition) is 0. The maximum atomic E-state index is 10.9. The summed E-state index contributed by atoms with van der Waals surface area (Å²) in [5.41, 5.74) is 0. The average molecular weight is 183 g/mol. The SMILES string of the molecule is CC1CCC(C(C)C)C(C(=O)[O-])C1. The highest BCUT2D eigenvalue weighted by atomic mass is 16.4. The minimum absolute atomic E-state index is 0.205. The van der Waals surface area contributed by atoms with Crippen LogP contribution in [0, 0.1) is 23.7 Å². The maximum absolute atomic E-state index is 10.9. The van der Waals surface area contributed by atoms with Crippen molar-refractivity contribution in [3.63, 3.8) is 0 Å². The number of rotatable bonds is 2. The molecule has 2 heteroatoms. The number of carboxylic acids is 1. The molecule has 0 aromatic carbocycles. The Kier molecular flexibility index (Phi) is 3.34. The fourth-order valence-electron chi connectivity index (χ4n) is 2.47. The van der Waals surface area contributed by atoms with Crippen molar-refractivity contribution in [1.29, 1.82) is 0 Å². The van der Waals surface area contributed by atoms with Crippen LogP contribution in [0.2, 0.25) is 0 Å². The number of carbonyl (C=O) groups excluding carboxylic acids is 1. The summed E-state index contributed by atoms with van der Waals surface area (Å²) < 4.78 is 0. The molecule has 0 aromatic heterocycles. The van der Waals surface area contributed by atoms with E-state index < -0.39 is 5.97 Å². The van der Waals surface area contributed by atoms with E-state index in [9.17, 15) is 9.90 Å². The second-order valence-electron chi connectivity index (χ2n) is 4.75. The maximum Gasteiger partial charge on any atom is 0.0448 e. The summed E-state index contributed by atoms with van der Waals surface area (Å²) in [6.07, 6.45) is 3.04. The van der Waals surface area contributed by atoms with Gasteiger partial charge < -0.3 is 9.90 Å². The fourth-order valence-corrected chi connectivity index (χ4v) is 2.47. The van der Waals surface area contributed by atoms with Crippen molar-refractivity contribution >= 4 is 5.97 Å². The fraction of sp³-hybridized carbons (Fsp3) is 0.909. The van der Waals surface area contributed by atoms with E-state index in [2.05, 4.69) is 20.8 Å². The van der Waals surface area contributed by atoms with Crippen molar-refractivity contribution in [2.45, 2.75) is 40.0 Å². The van der Waals surface area contributed by atoms with Crippen LogP contribution in [0.15, 0.2) is 0 Å². The van der Waals surface area contributed by atoms with Crippen LogP contribution in [0.1, 0.15) is 40.0 Å². The zero-order chi connectivity index (χ0) is 10.0. The number of aliphatic carboxylic acids is 1. The van der Waals surface area contributed by atoms with Gasteiger partial charge in [0.25, 0.3) is 0 Å². The Hall–Kier alpha value is -0.530. The first-order chi connectivity index (χ1) is 6.02. The van der Waals surface area contributed by atoms with Gasteiger partial charge in [0.1, 0.15) is 0 Å². The molecule has 3 unspecified atom stereocenters. The standard InChI is InChI=1S/C11H20O2/c1-7(2)9-5-4-8(3)6-10(9)11(12)13/h7-10H,4-6H2,1-3H3,(H,12,13)/p-1. The van der Waals surface area contributed by atoms with Crippen molar-refractivity contribution in [3.8, 4) is 0 Å². The van der Waals surface area contributed by atoms with E-state index >= 15 is 0 Å². The van der Waals surface area contributed by atoms with Crippen molar-refractivity contribution in [2.75, 3.05) is 0 Å². The van der Waals surface area contributed by atoms with Crippen LogP contribution in [-0.2, 0) is 4.79 Å². The molecule has 0 aliphatic heterocycles. The Bertz CT molecular complexity index is 187. The molecule has 1 saturated carbocycles. The second-order valence-corrected chi connectivity index (χ2v) is 4.75. The van der Waals surface area contributed by atoms with Gasteiger partial charge in [0.05, 0.1) is 0 Å². The Morgan fingerprint density at radius 2 is 2.00 bits per heavy atom. The van der Waals surface area contributed by atoms with Gasteiger partial charge in [-0.05, 0) is 30.6 Å². The van der Waals surface area contributed by atoms with Crippen LogP contribution in [0.4, 0.5) is 0 Å². The summed E-state index contributed by atoms with van der Waals surface area (Å²) in [5, 5.41) is 10.9. The van der Waals surface area contributed by atoms with Gasteiger partial charge in [-0.15, -0.1) is 0 Å². The second kappa shape index (κ2) is 4.12. The van der Waals surface area contributed by atoms with Gasteiger partial charge in [-0.3, -0.25) is 0 Å². The highest BCUT2D eigenvalue weighted by Gasteiger charge is 2.31. The largest absolute Gasteiger partial charge is 0.550 e. The van der Waals surface area contributed by atoms with E-state index in [0.717, 1.165) is 12.8 Å². The third-order valence-corrected chi connectivity index (χ3v) is 3.32. The van der Waals surface area contributed by atoms with Gasteiger partial charge in [0, 0.05) is 11.9 Å². The first kappa shape index (κ1) is 10.6. The molecule has 0 saturated heterocycles.